The largest absolute Gasteiger partial charge is 0.329 e. The fraction of sp³-hybridized carbons (Fsp3) is 1.00. The highest BCUT2D eigenvalue weighted by Crippen LogP contribution is 2.30. The Kier molecular flexibility index (Phi) is 5.42. The fourth-order valence-corrected chi connectivity index (χ4v) is 3.18. The van der Waals surface area contributed by atoms with Gasteiger partial charge in [-0.15, -0.1) is 0 Å². The number of nitrogens with zero attached hydrogens (tertiary/aromatic N) is 2. The van der Waals surface area contributed by atoms with Gasteiger partial charge in [-0.25, -0.2) is 0 Å². The van der Waals surface area contributed by atoms with Crippen LogP contribution in [0.15, 0.2) is 0 Å². The van der Waals surface area contributed by atoms with Crippen molar-refractivity contribution in [3.8, 4) is 0 Å². The molecule has 102 valence electrons. The van der Waals surface area contributed by atoms with Gasteiger partial charge < -0.3 is 5.73 Å². The van der Waals surface area contributed by atoms with E-state index in [0.717, 1.165) is 19.6 Å². The van der Waals surface area contributed by atoms with Gasteiger partial charge in [0, 0.05) is 37.3 Å². The molecule has 2 N–H and O–H groups in total. The van der Waals surface area contributed by atoms with Gasteiger partial charge in [0.05, 0.1) is 0 Å². The summed E-state index contributed by atoms with van der Waals surface area (Å²) in [7, 11) is 0. The van der Waals surface area contributed by atoms with E-state index in [2.05, 4.69) is 44.4 Å². The van der Waals surface area contributed by atoms with Gasteiger partial charge in [-0.1, -0.05) is 13.8 Å². The third-order valence-electron chi connectivity index (χ3n) is 4.54. The SMILES string of the molecule is CCC(C)N(CC)C1(CN)CCN(C(C)C)C1. The average Bonchev–Trinajstić information content (AvgIpc) is 2.75. The van der Waals surface area contributed by atoms with Crippen LogP contribution in [0.2, 0.25) is 0 Å². The maximum Gasteiger partial charge on any atom is 0.0473 e. The maximum absolute atomic E-state index is 6.13. The second-order valence-corrected chi connectivity index (χ2v) is 5.79. The highest BCUT2D eigenvalue weighted by atomic mass is 15.3. The van der Waals surface area contributed by atoms with Crippen molar-refractivity contribution in [1.82, 2.24) is 9.80 Å². The summed E-state index contributed by atoms with van der Waals surface area (Å²) in [6.45, 7) is 15.7. The van der Waals surface area contributed by atoms with Gasteiger partial charge >= 0.3 is 0 Å². The molecular formula is C14H31N3. The van der Waals surface area contributed by atoms with Crippen LogP contribution >= 0.6 is 0 Å². The molecule has 0 aromatic carbocycles. The quantitative estimate of drug-likeness (QED) is 0.771. The van der Waals surface area contributed by atoms with Crippen molar-refractivity contribution in [2.45, 2.75) is 65.1 Å². The van der Waals surface area contributed by atoms with E-state index >= 15 is 0 Å². The van der Waals surface area contributed by atoms with Crippen molar-refractivity contribution in [3.63, 3.8) is 0 Å². The summed E-state index contributed by atoms with van der Waals surface area (Å²) < 4.78 is 0. The Morgan fingerprint density at radius 1 is 1.29 bits per heavy atom. The van der Waals surface area contributed by atoms with E-state index in [1.165, 1.54) is 19.4 Å². The third kappa shape index (κ3) is 3.01. The number of hydrogen-bond donors (Lipinski definition) is 1. The van der Waals surface area contributed by atoms with Gasteiger partial charge in [-0.05, 0) is 40.2 Å². The summed E-state index contributed by atoms with van der Waals surface area (Å²) >= 11 is 0. The van der Waals surface area contributed by atoms with E-state index in [9.17, 15) is 0 Å². The molecule has 1 fully saturated rings. The van der Waals surface area contributed by atoms with Crippen molar-refractivity contribution >= 4 is 0 Å². The molecule has 0 aliphatic carbocycles. The summed E-state index contributed by atoms with van der Waals surface area (Å²) in [5, 5.41) is 0. The van der Waals surface area contributed by atoms with Crippen LogP contribution in [0.4, 0.5) is 0 Å². The van der Waals surface area contributed by atoms with Crippen molar-refractivity contribution in [2.75, 3.05) is 26.2 Å². The van der Waals surface area contributed by atoms with E-state index in [1.807, 2.05) is 0 Å². The van der Waals surface area contributed by atoms with Crippen molar-refractivity contribution in [3.05, 3.63) is 0 Å². The first-order valence-corrected chi connectivity index (χ1v) is 7.21. The molecule has 0 aromatic heterocycles. The number of likely N-dealkylation sites (tertiary alicyclic amines) is 1. The topological polar surface area (TPSA) is 32.5 Å². The summed E-state index contributed by atoms with van der Waals surface area (Å²) in [5.74, 6) is 0. The zero-order valence-electron chi connectivity index (χ0n) is 12.4. The van der Waals surface area contributed by atoms with Crippen LogP contribution in [0.3, 0.4) is 0 Å². The molecule has 1 saturated heterocycles. The van der Waals surface area contributed by atoms with E-state index in [-0.39, 0.29) is 5.54 Å². The number of hydrogen-bond acceptors (Lipinski definition) is 3. The molecule has 3 nitrogen and oxygen atoms in total. The van der Waals surface area contributed by atoms with E-state index < -0.39 is 0 Å². The monoisotopic (exact) mass is 241 g/mol. The maximum atomic E-state index is 6.13. The van der Waals surface area contributed by atoms with Gasteiger partial charge in [0.1, 0.15) is 0 Å². The Morgan fingerprint density at radius 3 is 2.29 bits per heavy atom. The van der Waals surface area contributed by atoms with Crippen LogP contribution in [0.1, 0.15) is 47.5 Å². The van der Waals surface area contributed by atoms with Crippen molar-refractivity contribution in [2.24, 2.45) is 5.73 Å². The zero-order chi connectivity index (χ0) is 13.1. The summed E-state index contributed by atoms with van der Waals surface area (Å²) in [5.41, 5.74) is 6.35. The molecule has 1 aliphatic heterocycles. The zero-order valence-corrected chi connectivity index (χ0v) is 12.4. The lowest BCUT2D eigenvalue weighted by Gasteiger charge is -2.44. The predicted octanol–water partition coefficient (Wildman–Crippen LogP) is 1.92. The molecule has 3 heteroatoms. The van der Waals surface area contributed by atoms with E-state index in [0.29, 0.717) is 12.1 Å². The van der Waals surface area contributed by atoms with Crippen LogP contribution < -0.4 is 5.73 Å². The van der Waals surface area contributed by atoms with Gasteiger partial charge in [-0.3, -0.25) is 9.80 Å². The minimum Gasteiger partial charge on any atom is -0.329 e. The smallest absolute Gasteiger partial charge is 0.0473 e. The van der Waals surface area contributed by atoms with Gasteiger partial charge in [0.2, 0.25) is 0 Å². The van der Waals surface area contributed by atoms with Crippen molar-refractivity contribution < 1.29 is 0 Å². The lowest BCUT2D eigenvalue weighted by Crippen LogP contribution is -2.58. The minimum atomic E-state index is 0.217. The Labute approximate surface area is 107 Å². The lowest BCUT2D eigenvalue weighted by molar-refractivity contribution is 0.0605. The molecule has 1 rings (SSSR count). The lowest BCUT2D eigenvalue weighted by atomic mass is 9.93. The number of nitrogens with two attached hydrogens (primary N) is 1. The third-order valence-corrected chi connectivity index (χ3v) is 4.54. The number of rotatable bonds is 6. The molecule has 0 bridgehead atoms. The molecule has 17 heavy (non-hydrogen) atoms. The molecule has 0 aromatic rings. The van der Waals surface area contributed by atoms with Crippen LogP contribution in [0, 0.1) is 0 Å². The molecule has 0 spiro atoms. The second-order valence-electron chi connectivity index (χ2n) is 5.79. The molecule has 1 aliphatic rings. The Morgan fingerprint density at radius 2 is 1.94 bits per heavy atom. The van der Waals surface area contributed by atoms with Gasteiger partial charge in [-0.2, -0.15) is 0 Å². The van der Waals surface area contributed by atoms with Crippen LogP contribution in [-0.4, -0.2) is 53.6 Å². The Balaban J connectivity index is 2.81. The highest BCUT2D eigenvalue weighted by molar-refractivity contribution is 5.01. The van der Waals surface area contributed by atoms with Crippen LogP contribution in [-0.2, 0) is 0 Å². The van der Waals surface area contributed by atoms with Crippen LogP contribution in [0.5, 0.6) is 0 Å². The molecule has 0 radical (unpaired) electrons. The predicted molar refractivity (Wildman–Crippen MR) is 75.2 cm³/mol. The standard InChI is InChI=1S/C14H31N3/c1-6-13(5)17(7-2)14(10-15)8-9-16(11-14)12(3)4/h12-13H,6-11,15H2,1-5H3. The van der Waals surface area contributed by atoms with E-state index in [4.69, 9.17) is 5.73 Å². The first-order valence-electron chi connectivity index (χ1n) is 7.21. The first-order chi connectivity index (χ1) is 8.00. The molecular weight excluding hydrogens is 210 g/mol. The second kappa shape index (κ2) is 6.17. The van der Waals surface area contributed by atoms with Gasteiger partial charge in [0.25, 0.3) is 0 Å². The summed E-state index contributed by atoms with van der Waals surface area (Å²) in [4.78, 5) is 5.20. The minimum absolute atomic E-state index is 0.217. The molecule has 2 atom stereocenters. The van der Waals surface area contributed by atoms with Crippen molar-refractivity contribution in [1.29, 1.82) is 0 Å². The molecule has 2 unspecified atom stereocenters. The molecule has 0 amide bonds. The highest BCUT2D eigenvalue weighted by Gasteiger charge is 2.43. The Hall–Kier alpha value is -0.120. The molecule has 0 saturated carbocycles. The Bertz CT molecular complexity index is 230. The summed E-state index contributed by atoms with van der Waals surface area (Å²) in [6.07, 6.45) is 2.43. The average molecular weight is 241 g/mol. The van der Waals surface area contributed by atoms with E-state index in [1.54, 1.807) is 0 Å². The van der Waals surface area contributed by atoms with Gasteiger partial charge in [0.15, 0.2) is 0 Å². The summed E-state index contributed by atoms with van der Waals surface area (Å²) in [6, 6.07) is 1.27. The molecule has 1 heterocycles. The fourth-order valence-electron chi connectivity index (χ4n) is 3.18. The first kappa shape index (κ1) is 14.9. The normalized spacial score (nSPS) is 28.2. The number of likely N-dealkylation sites (N-methyl/N-ethyl adjacent to an activating group) is 1. The van der Waals surface area contributed by atoms with Crippen LogP contribution in [0.25, 0.3) is 0 Å².